The summed E-state index contributed by atoms with van der Waals surface area (Å²) in [7, 11) is 0. The third-order valence-corrected chi connectivity index (χ3v) is 6.38. The van der Waals surface area contributed by atoms with Crippen LogP contribution in [0.2, 0.25) is 0 Å². The lowest BCUT2D eigenvalue weighted by Gasteiger charge is -2.19. The number of benzene rings is 6. The van der Waals surface area contributed by atoms with E-state index in [1.807, 2.05) is 75.3 Å². The lowest BCUT2D eigenvalue weighted by Crippen LogP contribution is -2.09. The summed E-state index contributed by atoms with van der Waals surface area (Å²) in [6, 6.07) is 40.3. The molecule has 0 aliphatic rings. The van der Waals surface area contributed by atoms with Crippen molar-refractivity contribution in [1.82, 2.24) is 0 Å². The quantitative estimate of drug-likeness (QED) is 0.127. The lowest BCUT2D eigenvalue weighted by atomic mass is 9.92. The van der Waals surface area contributed by atoms with Gasteiger partial charge in [0.15, 0.2) is 0 Å². The molecule has 0 amide bonds. The highest BCUT2D eigenvalue weighted by atomic mass is 15.5. The van der Waals surface area contributed by atoms with Crippen LogP contribution in [-0.2, 0) is 0 Å². The second kappa shape index (κ2) is 15.3. The van der Waals surface area contributed by atoms with Crippen LogP contribution in [0, 0.1) is 0 Å². The number of unbranched alkanes of at least 4 members (excludes halogenated alkanes) is 1. The summed E-state index contributed by atoms with van der Waals surface area (Å²) in [6.07, 6.45) is 4.62. The molecule has 0 radical (unpaired) electrons. The molecular formula is C37H42N2. The third-order valence-electron chi connectivity index (χ3n) is 6.38. The molecule has 0 saturated carbocycles. The number of anilines is 2. The molecule has 2 nitrogen and oxygen atoms in total. The number of hydrogen-bond donors (Lipinski definition) is 0. The number of para-hydroxylation sites is 2. The highest BCUT2D eigenvalue weighted by molar-refractivity contribution is 6.25. The van der Waals surface area contributed by atoms with Gasteiger partial charge in [0.1, 0.15) is 0 Å². The molecule has 0 atom stereocenters. The minimum Gasteiger partial charge on any atom is -0.234 e. The summed E-state index contributed by atoms with van der Waals surface area (Å²) in [4.78, 5) is 0. The predicted octanol–water partition coefficient (Wildman–Crippen LogP) is 11.6. The molecule has 0 aromatic heterocycles. The molecule has 39 heavy (non-hydrogen) atoms. The normalized spacial score (nSPS) is 10.4. The van der Waals surface area contributed by atoms with Crippen LogP contribution in [0.4, 0.5) is 11.4 Å². The lowest BCUT2D eigenvalue weighted by molar-refractivity contribution is 0.886. The van der Waals surface area contributed by atoms with Gasteiger partial charge in [0.2, 0.25) is 0 Å². The summed E-state index contributed by atoms with van der Waals surface area (Å²) in [5.74, 6) is 0. The van der Waals surface area contributed by atoms with Gasteiger partial charge >= 0.3 is 0 Å². The van der Waals surface area contributed by atoms with Gasteiger partial charge in [-0.15, -0.1) is 0 Å². The van der Waals surface area contributed by atoms with Crippen LogP contribution in [0.15, 0.2) is 120 Å². The molecule has 6 rings (SSSR count). The van der Waals surface area contributed by atoms with E-state index in [4.69, 9.17) is 5.10 Å². The summed E-state index contributed by atoms with van der Waals surface area (Å²) in [5.41, 5.74) is 3.17. The minimum atomic E-state index is 1.03. The van der Waals surface area contributed by atoms with Crippen LogP contribution in [0.25, 0.3) is 32.3 Å². The molecule has 6 aromatic carbocycles. The zero-order chi connectivity index (χ0) is 28.0. The average Bonchev–Trinajstić information content (AvgIpc) is 3.03. The third kappa shape index (κ3) is 6.83. The molecule has 0 heterocycles. The van der Waals surface area contributed by atoms with Gasteiger partial charge in [-0.2, -0.15) is 5.10 Å². The Hall–Kier alpha value is -4.17. The van der Waals surface area contributed by atoms with E-state index < -0.39 is 0 Å². The smallest absolute Gasteiger partial charge is 0.0652 e. The molecule has 0 bridgehead atoms. The summed E-state index contributed by atoms with van der Waals surface area (Å²) in [6.45, 7) is 12.4. The standard InChI is InChI=1S/C29H20N2.C4H10.2C2H6/c1-3-10-25(11-4-1)31(26-12-5-2-6-13-26)30-20-24-17-16-23-15-14-21-8-7-9-22-18-19-27(24)29(23)28(21)22;1-3-4-2;2*1-2/h1-20H;3-4H2,1-2H3;2*1-2H3. The van der Waals surface area contributed by atoms with Crippen LogP contribution >= 0.6 is 0 Å². The monoisotopic (exact) mass is 514 g/mol. The van der Waals surface area contributed by atoms with Crippen LogP contribution in [-0.4, -0.2) is 6.21 Å². The predicted molar refractivity (Wildman–Crippen MR) is 176 cm³/mol. The van der Waals surface area contributed by atoms with Gasteiger partial charge < -0.3 is 0 Å². The van der Waals surface area contributed by atoms with Gasteiger partial charge in [-0.3, -0.25) is 0 Å². The molecular weight excluding hydrogens is 472 g/mol. The Kier molecular flexibility index (Phi) is 11.5. The molecule has 0 aliphatic heterocycles. The number of hydrogen-bond acceptors (Lipinski definition) is 2. The number of rotatable bonds is 5. The largest absolute Gasteiger partial charge is 0.234 e. The van der Waals surface area contributed by atoms with Crippen LogP contribution in [0.1, 0.15) is 59.9 Å². The fourth-order valence-electron chi connectivity index (χ4n) is 4.41. The van der Waals surface area contributed by atoms with Crippen molar-refractivity contribution in [3.05, 3.63) is 121 Å². The first-order valence-corrected chi connectivity index (χ1v) is 14.4. The molecule has 200 valence electrons. The topological polar surface area (TPSA) is 15.6 Å². The fraction of sp³-hybridized carbons (Fsp3) is 0.216. The van der Waals surface area contributed by atoms with Crippen molar-refractivity contribution in [2.24, 2.45) is 5.10 Å². The SMILES string of the molecule is C(=NN(c1ccccc1)c1ccccc1)c1ccc2ccc3cccc4ccc1c2c34.CC.CC.CCCC. The molecule has 0 aliphatic carbocycles. The van der Waals surface area contributed by atoms with Gasteiger partial charge in [0.05, 0.1) is 17.6 Å². The Morgan fingerprint density at radius 1 is 0.513 bits per heavy atom. The van der Waals surface area contributed by atoms with E-state index in [1.165, 1.54) is 45.2 Å². The van der Waals surface area contributed by atoms with E-state index in [-0.39, 0.29) is 0 Å². The van der Waals surface area contributed by atoms with Crippen LogP contribution < -0.4 is 5.01 Å². The Morgan fingerprint density at radius 3 is 1.49 bits per heavy atom. The maximum Gasteiger partial charge on any atom is 0.0652 e. The van der Waals surface area contributed by atoms with Gasteiger partial charge in [-0.25, -0.2) is 5.01 Å². The highest BCUT2D eigenvalue weighted by Crippen LogP contribution is 2.35. The van der Waals surface area contributed by atoms with E-state index in [2.05, 4.69) is 92.7 Å². The molecule has 2 heteroatoms. The van der Waals surface area contributed by atoms with Gasteiger partial charge in [-0.1, -0.05) is 145 Å². The average molecular weight is 515 g/mol. The van der Waals surface area contributed by atoms with E-state index in [1.54, 1.807) is 0 Å². The van der Waals surface area contributed by atoms with Crippen molar-refractivity contribution in [2.75, 3.05) is 5.01 Å². The van der Waals surface area contributed by atoms with Gasteiger partial charge in [0, 0.05) is 5.56 Å². The van der Waals surface area contributed by atoms with E-state index in [9.17, 15) is 0 Å². The molecule has 0 spiro atoms. The Morgan fingerprint density at radius 2 is 0.974 bits per heavy atom. The zero-order valence-corrected chi connectivity index (χ0v) is 24.4. The van der Waals surface area contributed by atoms with Crippen LogP contribution in [0.5, 0.6) is 0 Å². The summed E-state index contributed by atoms with van der Waals surface area (Å²) >= 11 is 0. The van der Waals surface area contributed by atoms with Gasteiger partial charge in [-0.05, 0) is 56.6 Å². The maximum atomic E-state index is 4.93. The van der Waals surface area contributed by atoms with Crippen LogP contribution in [0.3, 0.4) is 0 Å². The number of nitrogens with zero attached hydrogens (tertiary/aromatic N) is 2. The van der Waals surface area contributed by atoms with Crippen molar-refractivity contribution in [2.45, 2.75) is 54.4 Å². The van der Waals surface area contributed by atoms with E-state index in [0.717, 1.165) is 16.9 Å². The van der Waals surface area contributed by atoms with Crippen molar-refractivity contribution >= 4 is 49.9 Å². The Bertz CT molecular complexity index is 1500. The summed E-state index contributed by atoms with van der Waals surface area (Å²) < 4.78 is 0. The zero-order valence-electron chi connectivity index (χ0n) is 24.4. The second-order valence-corrected chi connectivity index (χ2v) is 8.74. The Balaban J connectivity index is 0.000000476. The van der Waals surface area contributed by atoms with Crippen molar-refractivity contribution < 1.29 is 0 Å². The molecule has 0 N–H and O–H groups in total. The van der Waals surface area contributed by atoms with E-state index >= 15 is 0 Å². The van der Waals surface area contributed by atoms with Crippen molar-refractivity contribution in [1.29, 1.82) is 0 Å². The highest BCUT2D eigenvalue weighted by Gasteiger charge is 2.11. The Labute approximate surface area is 234 Å². The first kappa shape index (κ1) is 29.4. The van der Waals surface area contributed by atoms with E-state index in [0.29, 0.717) is 0 Å². The molecule has 0 fully saturated rings. The molecule has 0 saturated heterocycles. The summed E-state index contributed by atoms with van der Waals surface area (Å²) in [5, 5.41) is 14.6. The maximum absolute atomic E-state index is 4.93. The first-order chi connectivity index (χ1) is 19.3. The van der Waals surface area contributed by atoms with Gasteiger partial charge in [0.25, 0.3) is 0 Å². The molecule has 6 aromatic rings. The minimum absolute atomic E-state index is 1.03. The number of hydrazone groups is 1. The second-order valence-electron chi connectivity index (χ2n) is 8.74. The first-order valence-electron chi connectivity index (χ1n) is 14.4. The van der Waals surface area contributed by atoms with Crippen molar-refractivity contribution in [3.63, 3.8) is 0 Å². The fourth-order valence-corrected chi connectivity index (χ4v) is 4.41. The molecule has 0 unspecified atom stereocenters. The van der Waals surface area contributed by atoms with Crippen molar-refractivity contribution in [3.8, 4) is 0 Å².